The van der Waals surface area contributed by atoms with Gasteiger partial charge in [0.25, 0.3) is 5.91 Å². The molecule has 0 radical (unpaired) electrons. The van der Waals surface area contributed by atoms with Crippen molar-refractivity contribution in [1.29, 1.82) is 0 Å². The van der Waals surface area contributed by atoms with E-state index in [1.54, 1.807) is 6.20 Å². The molecule has 1 aromatic rings. The first-order chi connectivity index (χ1) is 7.70. The van der Waals surface area contributed by atoms with E-state index >= 15 is 0 Å². The van der Waals surface area contributed by atoms with E-state index in [2.05, 4.69) is 26.2 Å². The Hall–Kier alpha value is -0.810. The van der Waals surface area contributed by atoms with Gasteiger partial charge in [-0.15, -0.1) is 0 Å². The molecule has 16 heavy (non-hydrogen) atoms. The summed E-state index contributed by atoms with van der Waals surface area (Å²) >= 11 is 3.33. The van der Waals surface area contributed by atoms with Gasteiger partial charge in [0.1, 0.15) is 5.69 Å². The Balaban J connectivity index is 1.97. The molecule has 88 valence electrons. The van der Waals surface area contributed by atoms with E-state index in [1.165, 1.54) is 0 Å². The van der Waals surface area contributed by atoms with E-state index in [0.717, 1.165) is 30.5 Å². The van der Waals surface area contributed by atoms with E-state index in [1.807, 2.05) is 18.0 Å². The summed E-state index contributed by atoms with van der Waals surface area (Å²) in [7, 11) is 1.95. The summed E-state index contributed by atoms with van der Waals surface area (Å²) in [5.41, 5.74) is 0.664. The third-order valence-electron chi connectivity index (χ3n) is 2.94. The monoisotopic (exact) mass is 285 g/mol. The average molecular weight is 286 g/mol. The maximum absolute atomic E-state index is 12.1. The minimum absolute atomic E-state index is 0.101. The molecule has 1 aliphatic heterocycles. The number of hydrogen-bond donors (Lipinski definition) is 2. The van der Waals surface area contributed by atoms with Crippen molar-refractivity contribution in [2.45, 2.75) is 6.42 Å². The van der Waals surface area contributed by atoms with Crippen molar-refractivity contribution >= 4 is 21.8 Å². The Bertz CT molecular complexity index is 377. The average Bonchev–Trinajstić information content (AvgIpc) is 2.87. The highest BCUT2D eigenvalue weighted by atomic mass is 79.9. The third kappa shape index (κ3) is 2.47. The number of nitrogens with zero attached hydrogens (tertiary/aromatic N) is 1. The fourth-order valence-electron chi connectivity index (χ4n) is 2.13. The Labute approximate surface area is 104 Å². The molecular formula is C11H16BrN3O. The molecule has 1 unspecified atom stereocenters. The maximum Gasteiger partial charge on any atom is 0.270 e. The first-order valence-corrected chi connectivity index (χ1v) is 6.28. The number of H-pyrrole nitrogens is 1. The largest absolute Gasteiger partial charge is 0.356 e. The van der Waals surface area contributed by atoms with Crippen LogP contribution in [-0.4, -0.2) is 42.5 Å². The van der Waals surface area contributed by atoms with Crippen molar-refractivity contribution in [3.63, 3.8) is 0 Å². The third-order valence-corrected chi connectivity index (χ3v) is 3.40. The standard InChI is InChI=1S/C11H16BrN3O/c1-13-5-8-2-3-15(7-8)11(16)10-4-9(12)6-14-10/h4,6,8,13-14H,2-3,5,7H2,1H3. The van der Waals surface area contributed by atoms with Gasteiger partial charge in [-0.3, -0.25) is 4.79 Å². The Morgan fingerprint density at radius 1 is 1.75 bits per heavy atom. The molecule has 0 bridgehead atoms. The van der Waals surface area contributed by atoms with Crippen molar-refractivity contribution < 1.29 is 4.79 Å². The molecule has 1 aromatic heterocycles. The lowest BCUT2D eigenvalue weighted by Crippen LogP contribution is -2.30. The molecule has 1 saturated heterocycles. The first kappa shape index (κ1) is 11.7. The highest BCUT2D eigenvalue weighted by Gasteiger charge is 2.26. The lowest BCUT2D eigenvalue weighted by atomic mass is 10.1. The number of rotatable bonds is 3. The van der Waals surface area contributed by atoms with E-state index in [0.29, 0.717) is 11.6 Å². The van der Waals surface area contributed by atoms with Crippen LogP contribution in [-0.2, 0) is 0 Å². The minimum atomic E-state index is 0.101. The number of carbonyl (C=O) groups is 1. The number of halogens is 1. The number of amides is 1. The van der Waals surface area contributed by atoms with Crippen LogP contribution < -0.4 is 5.32 Å². The summed E-state index contributed by atoms with van der Waals surface area (Å²) in [6.07, 6.45) is 2.88. The molecule has 2 N–H and O–H groups in total. The number of carbonyl (C=O) groups excluding carboxylic acids is 1. The quantitative estimate of drug-likeness (QED) is 0.883. The van der Waals surface area contributed by atoms with Crippen LogP contribution in [0.2, 0.25) is 0 Å². The van der Waals surface area contributed by atoms with Gasteiger partial charge in [0.15, 0.2) is 0 Å². The van der Waals surface area contributed by atoms with Gasteiger partial charge < -0.3 is 15.2 Å². The number of hydrogen-bond acceptors (Lipinski definition) is 2. The van der Waals surface area contributed by atoms with Gasteiger partial charge in [-0.2, -0.15) is 0 Å². The van der Waals surface area contributed by atoms with Gasteiger partial charge in [-0.1, -0.05) is 0 Å². The topological polar surface area (TPSA) is 48.1 Å². The fourth-order valence-corrected chi connectivity index (χ4v) is 2.48. The summed E-state index contributed by atoms with van der Waals surface area (Å²) in [5.74, 6) is 0.691. The molecule has 0 aromatic carbocycles. The molecule has 5 heteroatoms. The number of aromatic amines is 1. The lowest BCUT2D eigenvalue weighted by molar-refractivity contribution is 0.0782. The van der Waals surface area contributed by atoms with Gasteiger partial charge in [-0.05, 0) is 47.9 Å². The van der Waals surface area contributed by atoms with Crippen LogP contribution in [0.4, 0.5) is 0 Å². The summed E-state index contributed by atoms with van der Waals surface area (Å²) < 4.78 is 0.918. The van der Waals surface area contributed by atoms with Crippen LogP contribution in [0.3, 0.4) is 0 Å². The molecule has 4 nitrogen and oxygen atoms in total. The predicted molar refractivity (Wildman–Crippen MR) is 66.4 cm³/mol. The highest BCUT2D eigenvalue weighted by molar-refractivity contribution is 9.10. The summed E-state index contributed by atoms with van der Waals surface area (Å²) in [6, 6.07) is 1.83. The predicted octanol–water partition coefficient (Wildman–Crippen LogP) is 1.46. The molecule has 0 aliphatic carbocycles. The molecule has 0 saturated carbocycles. The van der Waals surface area contributed by atoms with Crippen LogP contribution in [0, 0.1) is 5.92 Å². The van der Waals surface area contributed by atoms with Crippen LogP contribution in [0.5, 0.6) is 0 Å². The van der Waals surface area contributed by atoms with E-state index in [4.69, 9.17) is 0 Å². The second-order valence-corrected chi connectivity index (χ2v) is 5.11. The van der Waals surface area contributed by atoms with Gasteiger partial charge in [-0.25, -0.2) is 0 Å². The second kappa shape index (κ2) is 5.01. The number of nitrogens with one attached hydrogen (secondary N) is 2. The van der Waals surface area contributed by atoms with Crippen LogP contribution in [0.25, 0.3) is 0 Å². The zero-order valence-electron chi connectivity index (χ0n) is 9.29. The van der Waals surface area contributed by atoms with E-state index in [9.17, 15) is 4.79 Å². The van der Waals surface area contributed by atoms with Crippen molar-refractivity contribution in [3.05, 3.63) is 22.4 Å². The zero-order chi connectivity index (χ0) is 11.5. The first-order valence-electron chi connectivity index (χ1n) is 5.48. The molecule has 1 fully saturated rings. The summed E-state index contributed by atoms with van der Waals surface area (Å²) in [4.78, 5) is 17.0. The molecule has 0 spiro atoms. The molecule has 1 aliphatic rings. The Kier molecular flexibility index (Phi) is 3.66. The number of aromatic nitrogens is 1. The van der Waals surface area contributed by atoms with Gasteiger partial charge in [0.2, 0.25) is 0 Å². The lowest BCUT2D eigenvalue weighted by Gasteiger charge is -2.15. The highest BCUT2D eigenvalue weighted by Crippen LogP contribution is 2.19. The van der Waals surface area contributed by atoms with Crippen molar-refractivity contribution in [3.8, 4) is 0 Å². The zero-order valence-corrected chi connectivity index (χ0v) is 10.9. The van der Waals surface area contributed by atoms with Crippen LogP contribution in [0.15, 0.2) is 16.7 Å². The fraction of sp³-hybridized carbons (Fsp3) is 0.545. The Morgan fingerprint density at radius 3 is 3.19 bits per heavy atom. The van der Waals surface area contributed by atoms with Crippen LogP contribution in [0.1, 0.15) is 16.9 Å². The normalized spacial score (nSPS) is 20.4. The summed E-state index contributed by atoms with van der Waals surface area (Å²) in [6.45, 7) is 2.70. The summed E-state index contributed by atoms with van der Waals surface area (Å²) in [5, 5.41) is 3.16. The molecule has 2 heterocycles. The van der Waals surface area contributed by atoms with Crippen molar-refractivity contribution in [2.75, 3.05) is 26.7 Å². The minimum Gasteiger partial charge on any atom is -0.356 e. The van der Waals surface area contributed by atoms with Gasteiger partial charge in [0.05, 0.1) is 0 Å². The maximum atomic E-state index is 12.1. The molecule has 1 amide bonds. The molecule has 1 atom stereocenters. The second-order valence-electron chi connectivity index (χ2n) is 4.20. The van der Waals surface area contributed by atoms with Crippen molar-refractivity contribution in [2.24, 2.45) is 5.92 Å². The van der Waals surface area contributed by atoms with Gasteiger partial charge in [0, 0.05) is 23.8 Å². The van der Waals surface area contributed by atoms with E-state index in [-0.39, 0.29) is 5.91 Å². The molecular weight excluding hydrogens is 270 g/mol. The number of likely N-dealkylation sites (tertiary alicyclic amines) is 1. The van der Waals surface area contributed by atoms with Crippen LogP contribution >= 0.6 is 15.9 Å². The SMILES string of the molecule is CNCC1CCN(C(=O)c2cc(Br)c[nH]2)C1. The smallest absolute Gasteiger partial charge is 0.270 e. The van der Waals surface area contributed by atoms with E-state index < -0.39 is 0 Å². The van der Waals surface area contributed by atoms with Crippen molar-refractivity contribution in [1.82, 2.24) is 15.2 Å². The molecule has 2 rings (SSSR count). The van der Waals surface area contributed by atoms with Gasteiger partial charge >= 0.3 is 0 Å². The Morgan fingerprint density at radius 2 is 2.56 bits per heavy atom.